The van der Waals surface area contributed by atoms with Gasteiger partial charge in [0, 0.05) is 19.1 Å². The van der Waals surface area contributed by atoms with Crippen LogP contribution in [-0.2, 0) is 20.7 Å². The second-order valence-corrected chi connectivity index (χ2v) is 7.12. The van der Waals surface area contributed by atoms with E-state index in [0.29, 0.717) is 19.4 Å². The van der Waals surface area contributed by atoms with Gasteiger partial charge in [0.2, 0.25) is 5.91 Å². The lowest BCUT2D eigenvalue weighted by Gasteiger charge is -2.39. The zero-order valence-corrected chi connectivity index (χ0v) is 14.5. The van der Waals surface area contributed by atoms with Crippen molar-refractivity contribution in [2.24, 2.45) is 5.92 Å². The number of carbonyl (C=O) groups is 2. The first kappa shape index (κ1) is 18.5. The van der Waals surface area contributed by atoms with Crippen molar-refractivity contribution in [1.82, 2.24) is 5.32 Å². The summed E-state index contributed by atoms with van der Waals surface area (Å²) in [6.45, 7) is 4.62. The van der Waals surface area contributed by atoms with Gasteiger partial charge in [0.05, 0.1) is 12.0 Å². The first-order valence-electron chi connectivity index (χ1n) is 8.55. The van der Waals surface area contributed by atoms with Crippen molar-refractivity contribution in [1.29, 1.82) is 0 Å². The summed E-state index contributed by atoms with van der Waals surface area (Å²) >= 11 is 0. The van der Waals surface area contributed by atoms with Gasteiger partial charge in [-0.1, -0.05) is 30.3 Å². The van der Waals surface area contributed by atoms with Gasteiger partial charge in [0.25, 0.3) is 0 Å². The number of carboxylic acids is 1. The van der Waals surface area contributed by atoms with Crippen LogP contribution in [0.1, 0.15) is 45.1 Å². The minimum Gasteiger partial charge on any atom is -0.481 e. The lowest BCUT2D eigenvalue weighted by atomic mass is 9.82. The van der Waals surface area contributed by atoms with E-state index in [2.05, 4.69) is 5.32 Å². The molecule has 1 amide bonds. The Balaban J connectivity index is 1.92. The fourth-order valence-corrected chi connectivity index (χ4v) is 3.33. The van der Waals surface area contributed by atoms with E-state index in [1.165, 1.54) is 0 Å². The third kappa shape index (κ3) is 5.96. The molecule has 1 saturated heterocycles. The Bertz CT molecular complexity index is 556. The normalized spacial score (nSPS) is 21.0. The topological polar surface area (TPSA) is 75.6 Å². The number of carbonyl (C=O) groups excluding carboxylic acids is 1. The molecule has 2 atom stereocenters. The van der Waals surface area contributed by atoms with E-state index in [0.717, 1.165) is 18.4 Å². The van der Waals surface area contributed by atoms with Gasteiger partial charge in [0.1, 0.15) is 0 Å². The van der Waals surface area contributed by atoms with Gasteiger partial charge < -0.3 is 15.2 Å². The fraction of sp³-hybridized carbons (Fsp3) is 0.579. The zero-order valence-electron chi connectivity index (χ0n) is 14.5. The molecule has 5 nitrogen and oxygen atoms in total. The highest BCUT2D eigenvalue weighted by Gasteiger charge is 2.35. The molecule has 0 radical (unpaired) electrons. The highest BCUT2D eigenvalue weighted by atomic mass is 16.5. The molecule has 1 aromatic rings. The lowest BCUT2D eigenvalue weighted by molar-refractivity contribution is -0.139. The Hall–Kier alpha value is -1.88. The molecule has 1 heterocycles. The Morgan fingerprint density at radius 1 is 1.33 bits per heavy atom. The number of carboxylic acid groups (broad SMARTS) is 1. The highest BCUT2D eigenvalue weighted by Crippen LogP contribution is 2.31. The van der Waals surface area contributed by atoms with Crippen LogP contribution in [0.25, 0.3) is 0 Å². The van der Waals surface area contributed by atoms with Crippen LogP contribution in [0.2, 0.25) is 0 Å². The third-order valence-electron chi connectivity index (χ3n) is 4.53. The van der Waals surface area contributed by atoms with Gasteiger partial charge in [0.15, 0.2) is 0 Å². The largest absolute Gasteiger partial charge is 0.481 e. The highest BCUT2D eigenvalue weighted by molar-refractivity contribution is 5.77. The molecule has 2 N–H and O–H groups in total. The zero-order chi connectivity index (χ0) is 17.6. The smallest absolute Gasteiger partial charge is 0.305 e. The Morgan fingerprint density at radius 3 is 2.67 bits per heavy atom. The Kier molecular flexibility index (Phi) is 6.37. The number of rotatable bonds is 7. The summed E-state index contributed by atoms with van der Waals surface area (Å²) in [7, 11) is 0. The van der Waals surface area contributed by atoms with Gasteiger partial charge in [-0.25, -0.2) is 0 Å². The first-order chi connectivity index (χ1) is 11.4. The molecule has 1 aliphatic rings. The fourth-order valence-electron chi connectivity index (χ4n) is 3.33. The molecular weight excluding hydrogens is 306 g/mol. The van der Waals surface area contributed by atoms with E-state index < -0.39 is 5.97 Å². The number of aliphatic carboxylic acids is 1. The number of hydrogen-bond acceptors (Lipinski definition) is 3. The van der Waals surface area contributed by atoms with Crippen molar-refractivity contribution in [3.05, 3.63) is 35.9 Å². The van der Waals surface area contributed by atoms with Crippen LogP contribution in [0, 0.1) is 5.92 Å². The number of hydrogen-bond donors (Lipinski definition) is 2. The number of amides is 1. The summed E-state index contributed by atoms with van der Waals surface area (Å²) in [5, 5.41) is 12.1. The van der Waals surface area contributed by atoms with Gasteiger partial charge >= 0.3 is 5.97 Å². The van der Waals surface area contributed by atoms with Crippen LogP contribution in [0.3, 0.4) is 0 Å². The average Bonchev–Trinajstić information content (AvgIpc) is 2.52. The summed E-state index contributed by atoms with van der Waals surface area (Å²) in [5.41, 5.74) is 0.837. The molecule has 0 aromatic heterocycles. The second kappa shape index (κ2) is 8.29. The van der Waals surface area contributed by atoms with Gasteiger partial charge in [-0.3, -0.25) is 9.59 Å². The third-order valence-corrected chi connectivity index (χ3v) is 4.53. The lowest BCUT2D eigenvalue weighted by Crippen LogP contribution is -2.47. The molecule has 2 rings (SSSR count). The predicted molar refractivity (Wildman–Crippen MR) is 91.7 cm³/mol. The molecule has 1 aliphatic heterocycles. The molecule has 5 heteroatoms. The molecule has 132 valence electrons. The van der Waals surface area contributed by atoms with E-state index in [4.69, 9.17) is 4.74 Å². The molecule has 0 unspecified atom stereocenters. The van der Waals surface area contributed by atoms with Crippen LogP contribution in [0.4, 0.5) is 0 Å². The van der Waals surface area contributed by atoms with Crippen molar-refractivity contribution < 1.29 is 19.4 Å². The Morgan fingerprint density at radius 2 is 2.04 bits per heavy atom. The number of aryl methyl sites for hydroxylation is 1. The van der Waals surface area contributed by atoms with Crippen LogP contribution in [0.15, 0.2) is 30.3 Å². The quantitative estimate of drug-likeness (QED) is 0.804. The molecule has 0 saturated carbocycles. The summed E-state index contributed by atoms with van der Waals surface area (Å²) in [6.07, 6.45) is 2.51. The summed E-state index contributed by atoms with van der Waals surface area (Å²) in [5.74, 6) is -0.840. The molecule has 1 fully saturated rings. The van der Waals surface area contributed by atoms with E-state index >= 15 is 0 Å². The van der Waals surface area contributed by atoms with E-state index in [9.17, 15) is 14.7 Å². The maximum atomic E-state index is 12.3. The molecular formula is C19H27NO4. The number of nitrogens with one attached hydrogen (secondary N) is 1. The van der Waals surface area contributed by atoms with E-state index in [1.807, 2.05) is 44.2 Å². The van der Waals surface area contributed by atoms with Crippen LogP contribution in [0.5, 0.6) is 0 Å². The molecule has 0 bridgehead atoms. The van der Waals surface area contributed by atoms with Crippen molar-refractivity contribution in [3.63, 3.8) is 0 Å². The average molecular weight is 333 g/mol. The van der Waals surface area contributed by atoms with E-state index in [1.54, 1.807) is 0 Å². The molecule has 0 spiro atoms. The van der Waals surface area contributed by atoms with Crippen molar-refractivity contribution in [3.8, 4) is 0 Å². The maximum absolute atomic E-state index is 12.3. The predicted octanol–water partition coefficient (Wildman–Crippen LogP) is 2.78. The summed E-state index contributed by atoms with van der Waals surface area (Å²) in [6, 6.07) is 9.48. The molecule has 0 aliphatic carbocycles. The standard InChI is InChI=1S/C19H27NO4/c1-19(2)13-15(10-11-24-19)16(12-18(22)23)20-17(21)9-8-14-6-4-3-5-7-14/h3-7,15-16H,8-13H2,1-2H3,(H,20,21)(H,22,23)/t15-,16-/m0/s1. The van der Waals surface area contributed by atoms with Crippen molar-refractivity contribution >= 4 is 11.9 Å². The molecule has 1 aromatic carbocycles. The monoisotopic (exact) mass is 333 g/mol. The van der Waals surface area contributed by atoms with E-state index in [-0.39, 0.29) is 29.9 Å². The first-order valence-corrected chi connectivity index (χ1v) is 8.55. The van der Waals surface area contributed by atoms with Crippen LogP contribution < -0.4 is 5.32 Å². The summed E-state index contributed by atoms with van der Waals surface area (Å²) < 4.78 is 5.70. The molecule has 24 heavy (non-hydrogen) atoms. The van der Waals surface area contributed by atoms with Gasteiger partial charge in [-0.05, 0) is 44.6 Å². The van der Waals surface area contributed by atoms with Crippen molar-refractivity contribution in [2.45, 2.75) is 57.6 Å². The minimum atomic E-state index is -0.882. The summed E-state index contributed by atoms with van der Waals surface area (Å²) in [4.78, 5) is 23.5. The maximum Gasteiger partial charge on any atom is 0.305 e. The van der Waals surface area contributed by atoms with Gasteiger partial charge in [-0.15, -0.1) is 0 Å². The second-order valence-electron chi connectivity index (χ2n) is 7.12. The minimum absolute atomic E-state index is 0.0438. The van der Waals surface area contributed by atoms with Crippen molar-refractivity contribution in [2.75, 3.05) is 6.61 Å². The number of benzene rings is 1. The van der Waals surface area contributed by atoms with Crippen LogP contribution in [-0.4, -0.2) is 35.2 Å². The Labute approximate surface area is 143 Å². The SMILES string of the molecule is CC1(C)C[C@@H]([C@H](CC(=O)O)NC(=O)CCc2ccccc2)CCO1. The number of ether oxygens (including phenoxy) is 1. The van der Waals surface area contributed by atoms with Gasteiger partial charge in [-0.2, -0.15) is 0 Å². The van der Waals surface area contributed by atoms with Crippen LogP contribution >= 0.6 is 0 Å².